The molecule has 1 N–H and O–H groups in total. The molecule has 0 radical (unpaired) electrons. The number of rotatable bonds is 3. The minimum absolute atomic E-state index is 0.833. The van der Waals surface area contributed by atoms with E-state index in [0.717, 1.165) is 17.9 Å². The van der Waals surface area contributed by atoms with Crippen molar-refractivity contribution in [2.75, 3.05) is 26.2 Å². The van der Waals surface area contributed by atoms with Crippen LogP contribution >= 0.6 is 0 Å². The lowest BCUT2D eigenvalue weighted by Crippen LogP contribution is -2.29. The molecule has 0 aliphatic carbocycles. The van der Waals surface area contributed by atoms with E-state index in [1.165, 1.54) is 45.4 Å². The third-order valence-electron chi connectivity index (χ3n) is 3.90. The quantitative estimate of drug-likeness (QED) is 0.739. The molecule has 2 aliphatic heterocycles. The first kappa shape index (κ1) is 10.4. The Morgan fingerprint density at radius 2 is 2.21 bits per heavy atom. The summed E-state index contributed by atoms with van der Waals surface area (Å²) in [5.41, 5.74) is 0. The van der Waals surface area contributed by atoms with E-state index in [2.05, 4.69) is 24.1 Å². The average Bonchev–Trinajstić information content (AvgIpc) is 2.72. The smallest absolute Gasteiger partial charge is 0.00700 e. The van der Waals surface area contributed by atoms with Crippen molar-refractivity contribution < 1.29 is 0 Å². The van der Waals surface area contributed by atoms with Gasteiger partial charge < -0.3 is 10.2 Å². The van der Waals surface area contributed by atoms with Gasteiger partial charge in [0.05, 0.1) is 0 Å². The highest BCUT2D eigenvalue weighted by molar-refractivity contribution is 4.81. The Hall–Kier alpha value is -0.0800. The van der Waals surface area contributed by atoms with Crippen molar-refractivity contribution in [1.29, 1.82) is 0 Å². The summed E-state index contributed by atoms with van der Waals surface area (Å²) in [6, 6.07) is 0.833. The van der Waals surface area contributed by atoms with Gasteiger partial charge in [-0.25, -0.2) is 0 Å². The Kier molecular flexibility index (Phi) is 3.45. The molecule has 0 spiro atoms. The lowest BCUT2D eigenvalue weighted by Gasteiger charge is -2.22. The summed E-state index contributed by atoms with van der Waals surface area (Å²) in [7, 11) is 0. The second kappa shape index (κ2) is 4.63. The van der Waals surface area contributed by atoms with Crippen LogP contribution in [-0.2, 0) is 0 Å². The lowest BCUT2D eigenvalue weighted by molar-refractivity contribution is 0.246. The summed E-state index contributed by atoms with van der Waals surface area (Å²) in [4.78, 5) is 2.68. The van der Waals surface area contributed by atoms with Crippen LogP contribution in [0.25, 0.3) is 0 Å². The SMILES string of the molecule is CC1CC(C)N(CCC2CCNC2)C1. The highest BCUT2D eigenvalue weighted by atomic mass is 15.2. The molecule has 2 rings (SSSR count). The zero-order valence-corrected chi connectivity index (χ0v) is 9.63. The third-order valence-corrected chi connectivity index (χ3v) is 3.90. The summed E-state index contributed by atoms with van der Waals surface area (Å²) >= 11 is 0. The number of nitrogens with one attached hydrogen (secondary N) is 1. The molecule has 0 bridgehead atoms. The van der Waals surface area contributed by atoms with E-state index >= 15 is 0 Å². The second-order valence-corrected chi connectivity index (χ2v) is 5.33. The molecule has 2 heteroatoms. The fourth-order valence-corrected chi connectivity index (χ4v) is 3.01. The van der Waals surface area contributed by atoms with Crippen molar-refractivity contribution in [2.45, 2.75) is 39.2 Å². The molecule has 2 saturated heterocycles. The van der Waals surface area contributed by atoms with Gasteiger partial charge in [0.1, 0.15) is 0 Å². The fraction of sp³-hybridized carbons (Fsp3) is 1.00. The van der Waals surface area contributed by atoms with Gasteiger partial charge >= 0.3 is 0 Å². The molecule has 2 aliphatic rings. The van der Waals surface area contributed by atoms with Crippen molar-refractivity contribution >= 4 is 0 Å². The molecular weight excluding hydrogens is 172 g/mol. The van der Waals surface area contributed by atoms with Crippen LogP contribution in [0.5, 0.6) is 0 Å². The van der Waals surface area contributed by atoms with Crippen LogP contribution < -0.4 is 5.32 Å². The van der Waals surface area contributed by atoms with E-state index in [4.69, 9.17) is 0 Å². The van der Waals surface area contributed by atoms with Gasteiger partial charge in [0.2, 0.25) is 0 Å². The Bertz CT molecular complexity index is 175. The lowest BCUT2D eigenvalue weighted by atomic mass is 10.0. The molecule has 2 fully saturated rings. The van der Waals surface area contributed by atoms with Crippen LogP contribution in [-0.4, -0.2) is 37.1 Å². The van der Waals surface area contributed by atoms with Crippen LogP contribution in [0.15, 0.2) is 0 Å². The van der Waals surface area contributed by atoms with E-state index in [1.807, 2.05) is 0 Å². The Morgan fingerprint density at radius 1 is 1.36 bits per heavy atom. The number of likely N-dealkylation sites (tertiary alicyclic amines) is 1. The summed E-state index contributed by atoms with van der Waals surface area (Å²) in [5, 5.41) is 3.45. The third kappa shape index (κ3) is 2.48. The Balaban J connectivity index is 1.69. The number of hydrogen-bond acceptors (Lipinski definition) is 2. The van der Waals surface area contributed by atoms with Crippen LogP contribution in [0.3, 0.4) is 0 Å². The molecule has 0 aromatic carbocycles. The maximum absolute atomic E-state index is 3.45. The summed E-state index contributed by atoms with van der Waals surface area (Å²) in [5.74, 6) is 1.88. The van der Waals surface area contributed by atoms with Gasteiger partial charge in [0, 0.05) is 12.6 Å². The molecule has 82 valence electrons. The van der Waals surface area contributed by atoms with E-state index in [0.29, 0.717) is 0 Å². The molecule has 14 heavy (non-hydrogen) atoms. The minimum atomic E-state index is 0.833. The fourth-order valence-electron chi connectivity index (χ4n) is 3.01. The first-order valence-corrected chi connectivity index (χ1v) is 6.20. The first-order valence-electron chi connectivity index (χ1n) is 6.20. The van der Waals surface area contributed by atoms with Crippen LogP contribution in [0.2, 0.25) is 0 Å². The molecule has 0 aromatic heterocycles. The van der Waals surface area contributed by atoms with Gasteiger partial charge in [-0.05, 0) is 57.7 Å². The van der Waals surface area contributed by atoms with Crippen molar-refractivity contribution in [3.63, 3.8) is 0 Å². The number of nitrogens with zero attached hydrogens (tertiary/aromatic N) is 1. The largest absolute Gasteiger partial charge is 0.316 e. The Morgan fingerprint density at radius 3 is 2.79 bits per heavy atom. The van der Waals surface area contributed by atoms with Gasteiger partial charge in [-0.2, -0.15) is 0 Å². The second-order valence-electron chi connectivity index (χ2n) is 5.33. The van der Waals surface area contributed by atoms with E-state index in [1.54, 1.807) is 0 Å². The summed E-state index contributed by atoms with van der Waals surface area (Å²) in [6.07, 6.45) is 4.21. The Labute approximate surface area is 88.1 Å². The zero-order valence-electron chi connectivity index (χ0n) is 9.63. The molecule has 0 saturated carbocycles. The molecular formula is C12H24N2. The monoisotopic (exact) mass is 196 g/mol. The average molecular weight is 196 g/mol. The molecule has 0 amide bonds. The van der Waals surface area contributed by atoms with Crippen LogP contribution in [0, 0.1) is 11.8 Å². The van der Waals surface area contributed by atoms with Crippen LogP contribution in [0.1, 0.15) is 33.1 Å². The molecule has 0 aromatic rings. The molecule has 2 nitrogen and oxygen atoms in total. The topological polar surface area (TPSA) is 15.3 Å². The standard InChI is InChI=1S/C12H24N2/c1-10-7-11(2)14(9-10)6-4-12-3-5-13-8-12/h10-13H,3-9H2,1-2H3. The molecule has 3 atom stereocenters. The van der Waals surface area contributed by atoms with E-state index < -0.39 is 0 Å². The van der Waals surface area contributed by atoms with E-state index in [9.17, 15) is 0 Å². The van der Waals surface area contributed by atoms with Gasteiger partial charge in [0.15, 0.2) is 0 Å². The molecule has 2 heterocycles. The van der Waals surface area contributed by atoms with Gasteiger partial charge in [0.25, 0.3) is 0 Å². The van der Waals surface area contributed by atoms with Crippen LogP contribution in [0.4, 0.5) is 0 Å². The van der Waals surface area contributed by atoms with Crippen molar-refractivity contribution in [1.82, 2.24) is 10.2 Å². The van der Waals surface area contributed by atoms with Crippen molar-refractivity contribution in [3.8, 4) is 0 Å². The summed E-state index contributed by atoms with van der Waals surface area (Å²) < 4.78 is 0. The van der Waals surface area contributed by atoms with Crippen molar-refractivity contribution in [3.05, 3.63) is 0 Å². The highest BCUT2D eigenvalue weighted by Gasteiger charge is 2.26. The van der Waals surface area contributed by atoms with Gasteiger partial charge in [-0.15, -0.1) is 0 Å². The maximum atomic E-state index is 3.45. The van der Waals surface area contributed by atoms with Gasteiger partial charge in [-0.3, -0.25) is 0 Å². The normalized spacial score (nSPS) is 39.4. The first-order chi connectivity index (χ1) is 6.75. The number of hydrogen-bond donors (Lipinski definition) is 1. The predicted molar refractivity (Wildman–Crippen MR) is 60.4 cm³/mol. The molecule has 3 unspecified atom stereocenters. The van der Waals surface area contributed by atoms with E-state index in [-0.39, 0.29) is 0 Å². The highest BCUT2D eigenvalue weighted by Crippen LogP contribution is 2.23. The summed E-state index contributed by atoms with van der Waals surface area (Å²) in [6.45, 7) is 9.94. The minimum Gasteiger partial charge on any atom is -0.316 e. The van der Waals surface area contributed by atoms with Crippen molar-refractivity contribution in [2.24, 2.45) is 11.8 Å². The zero-order chi connectivity index (χ0) is 9.97. The maximum Gasteiger partial charge on any atom is 0.00700 e. The predicted octanol–water partition coefficient (Wildman–Crippen LogP) is 1.72. The van der Waals surface area contributed by atoms with Gasteiger partial charge in [-0.1, -0.05) is 6.92 Å².